The molecule has 0 aliphatic heterocycles. The molecule has 1 unspecified atom stereocenters. The average Bonchev–Trinajstić information content (AvgIpc) is 2.15. The number of nitrogens with zero attached hydrogens (tertiary/aromatic N) is 1. The molecule has 0 aliphatic carbocycles. The molecule has 1 atom stereocenters. The van der Waals surface area contributed by atoms with Crippen molar-refractivity contribution in [2.45, 2.75) is 38.7 Å². The molecule has 5 heteroatoms. The molecule has 0 spiro atoms. The summed E-state index contributed by atoms with van der Waals surface area (Å²) in [4.78, 5) is 13.9. The van der Waals surface area contributed by atoms with Gasteiger partial charge in [-0.25, -0.2) is 0 Å². The molecular weight excluding hydrogens is 182 g/mol. The smallest absolute Gasteiger partial charge is 0.293 e. The van der Waals surface area contributed by atoms with E-state index in [1.54, 1.807) is 0 Å². The van der Waals surface area contributed by atoms with Crippen LogP contribution in [0.3, 0.4) is 0 Å². The van der Waals surface area contributed by atoms with Crippen LogP contribution in [0.25, 0.3) is 0 Å². The minimum atomic E-state index is 0.0340. The number of carbonyl (C=O) groups is 1. The SMILES string of the molecule is CCC(CCCCN=C(N)N)OC=O. The monoisotopic (exact) mass is 201 g/mol. The molecule has 0 heterocycles. The Morgan fingerprint density at radius 3 is 2.71 bits per heavy atom. The average molecular weight is 201 g/mol. The van der Waals surface area contributed by atoms with Crippen molar-refractivity contribution in [3.05, 3.63) is 0 Å². The molecule has 82 valence electrons. The first-order valence-electron chi connectivity index (χ1n) is 4.85. The molecular formula is C9H19N3O2. The predicted octanol–water partition coefficient (Wildman–Crippen LogP) is 0.382. The molecule has 0 rings (SSSR count). The lowest BCUT2D eigenvalue weighted by molar-refractivity contribution is -0.134. The van der Waals surface area contributed by atoms with Gasteiger partial charge in [-0.1, -0.05) is 6.92 Å². The minimum absolute atomic E-state index is 0.0340. The van der Waals surface area contributed by atoms with Crippen LogP contribution < -0.4 is 11.5 Å². The van der Waals surface area contributed by atoms with Gasteiger partial charge in [-0.3, -0.25) is 9.79 Å². The third-order valence-corrected chi connectivity index (χ3v) is 1.93. The van der Waals surface area contributed by atoms with E-state index in [-0.39, 0.29) is 12.1 Å². The second-order valence-corrected chi connectivity index (χ2v) is 3.06. The van der Waals surface area contributed by atoms with E-state index in [0.717, 1.165) is 25.7 Å². The van der Waals surface area contributed by atoms with Gasteiger partial charge >= 0.3 is 0 Å². The first-order chi connectivity index (χ1) is 6.70. The predicted molar refractivity (Wildman–Crippen MR) is 55.8 cm³/mol. The zero-order chi connectivity index (χ0) is 10.8. The first kappa shape index (κ1) is 12.7. The van der Waals surface area contributed by atoms with Gasteiger partial charge in [0.05, 0.1) is 0 Å². The molecule has 0 aromatic rings. The van der Waals surface area contributed by atoms with Crippen molar-refractivity contribution in [3.8, 4) is 0 Å². The van der Waals surface area contributed by atoms with Gasteiger partial charge in [0.15, 0.2) is 5.96 Å². The van der Waals surface area contributed by atoms with Crippen LogP contribution in [0.1, 0.15) is 32.6 Å². The van der Waals surface area contributed by atoms with Crippen molar-refractivity contribution in [3.63, 3.8) is 0 Å². The van der Waals surface area contributed by atoms with Gasteiger partial charge in [-0.05, 0) is 25.7 Å². The number of guanidine groups is 1. The molecule has 0 bridgehead atoms. The Morgan fingerprint density at radius 2 is 2.21 bits per heavy atom. The summed E-state index contributed by atoms with van der Waals surface area (Å²) in [7, 11) is 0. The fraction of sp³-hybridized carbons (Fsp3) is 0.778. The van der Waals surface area contributed by atoms with Crippen LogP contribution in [0.4, 0.5) is 0 Å². The molecule has 0 radical (unpaired) electrons. The Hall–Kier alpha value is -1.26. The quantitative estimate of drug-likeness (QED) is 0.257. The van der Waals surface area contributed by atoms with Crippen LogP contribution in [0, 0.1) is 0 Å². The number of ether oxygens (including phenoxy) is 1. The highest BCUT2D eigenvalue weighted by atomic mass is 16.5. The van der Waals surface area contributed by atoms with Gasteiger partial charge in [0.1, 0.15) is 6.10 Å². The Balaban J connectivity index is 3.41. The van der Waals surface area contributed by atoms with Gasteiger partial charge < -0.3 is 16.2 Å². The number of nitrogens with two attached hydrogens (primary N) is 2. The number of rotatable bonds is 8. The van der Waals surface area contributed by atoms with E-state index in [1.165, 1.54) is 0 Å². The van der Waals surface area contributed by atoms with Crippen LogP contribution in [0.15, 0.2) is 4.99 Å². The lowest BCUT2D eigenvalue weighted by atomic mass is 10.1. The maximum absolute atomic E-state index is 10.1. The molecule has 0 amide bonds. The van der Waals surface area contributed by atoms with Crippen molar-refractivity contribution in [2.75, 3.05) is 6.54 Å². The number of hydrogen-bond donors (Lipinski definition) is 2. The normalized spacial score (nSPS) is 11.8. The first-order valence-corrected chi connectivity index (χ1v) is 4.85. The molecule has 0 aromatic carbocycles. The fourth-order valence-electron chi connectivity index (χ4n) is 1.14. The molecule has 0 aliphatic rings. The highest BCUT2D eigenvalue weighted by Crippen LogP contribution is 2.07. The molecule has 0 fully saturated rings. The topological polar surface area (TPSA) is 90.7 Å². The van der Waals surface area contributed by atoms with Crippen molar-refractivity contribution in [2.24, 2.45) is 16.5 Å². The van der Waals surface area contributed by atoms with E-state index >= 15 is 0 Å². The molecule has 4 N–H and O–H groups in total. The third-order valence-electron chi connectivity index (χ3n) is 1.93. The Morgan fingerprint density at radius 1 is 1.50 bits per heavy atom. The molecule has 0 aromatic heterocycles. The van der Waals surface area contributed by atoms with E-state index in [4.69, 9.17) is 16.2 Å². The van der Waals surface area contributed by atoms with Crippen LogP contribution in [0.5, 0.6) is 0 Å². The van der Waals surface area contributed by atoms with Crippen molar-refractivity contribution in [1.29, 1.82) is 0 Å². The lowest BCUT2D eigenvalue weighted by Gasteiger charge is -2.11. The number of unbranched alkanes of at least 4 members (excludes halogenated alkanes) is 1. The second-order valence-electron chi connectivity index (χ2n) is 3.06. The standard InChI is InChI=1S/C9H19N3O2/c1-2-8(14-7-13)5-3-4-6-12-9(10)11/h7-8H,2-6H2,1H3,(H4,10,11,12). The van der Waals surface area contributed by atoms with E-state index in [2.05, 4.69) is 4.99 Å². The maximum Gasteiger partial charge on any atom is 0.293 e. The Kier molecular flexibility index (Phi) is 7.59. The van der Waals surface area contributed by atoms with Crippen molar-refractivity contribution < 1.29 is 9.53 Å². The largest absolute Gasteiger partial charge is 0.465 e. The maximum atomic E-state index is 10.1. The van der Waals surface area contributed by atoms with Gasteiger partial charge in [-0.15, -0.1) is 0 Å². The van der Waals surface area contributed by atoms with Crippen LogP contribution in [-0.4, -0.2) is 25.1 Å². The summed E-state index contributed by atoms with van der Waals surface area (Å²) in [6, 6.07) is 0. The minimum Gasteiger partial charge on any atom is -0.465 e. The van der Waals surface area contributed by atoms with E-state index in [1.807, 2.05) is 6.92 Å². The van der Waals surface area contributed by atoms with Crippen LogP contribution in [-0.2, 0) is 9.53 Å². The Labute approximate surface area is 84.5 Å². The summed E-state index contributed by atoms with van der Waals surface area (Å²) in [6.07, 6.45) is 3.63. The Bertz CT molecular complexity index is 179. The molecule has 0 saturated heterocycles. The fourth-order valence-corrected chi connectivity index (χ4v) is 1.14. The van der Waals surface area contributed by atoms with Crippen LogP contribution >= 0.6 is 0 Å². The summed E-state index contributed by atoms with van der Waals surface area (Å²) in [5.41, 5.74) is 10.3. The number of carbonyl (C=O) groups excluding carboxylic acids is 1. The summed E-state index contributed by atoms with van der Waals surface area (Å²) in [6.45, 7) is 3.13. The third kappa shape index (κ3) is 7.39. The van der Waals surface area contributed by atoms with Gasteiger partial charge in [0.25, 0.3) is 6.47 Å². The summed E-state index contributed by atoms with van der Waals surface area (Å²) < 4.78 is 4.85. The summed E-state index contributed by atoms with van der Waals surface area (Å²) >= 11 is 0. The van der Waals surface area contributed by atoms with Gasteiger partial charge in [0.2, 0.25) is 0 Å². The van der Waals surface area contributed by atoms with E-state index in [9.17, 15) is 4.79 Å². The van der Waals surface area contributed by atoms with Crippen molar-refractivity contribution >= 4 is 12.4 Å². The zero-order valence-corrected chi connectivity index (χ0v) is 8.61. The molecule has 14 heavy (non-hydrogen) atoms. The summed E-state index contributed by atoms with van der Waals surface area (Å²) in [5, 5.41) is 0. The van der Waals surface area contributed by atoms with Gasteiger partial charge in [0, 0.05) is 6.54 Å². The van der Waals surface area contributed by atoms with Crippen LogP contribution in [0.2, 0.25) is 0 Å². The highest BCUT2D eigenvalue weighted by molar-refractivity contribution is 5.75. The number of aliphatic imine (C=N–C) groups is 1. The molecule has 5 nitrogen and oxygen atoms in total. The van der Waals surface area contributed by atoms with Gasteiger partial charge in [-0.2, -0.15) is 0 Å². The number of hydrogen-bond acceptors (Lipinski definition) is 3. The molecule has 0 saturated carbocycles. The van der Waals surface area contributed by atoms with E-state index < -0.39 is 0 Å². The second kappa shape index (κ2) is 8.34. The highest BCUT2D eigenvalue weighted by Gasteiger charge is 2.04. The summed E-state index contributed by atoms with van der Waals surface area (Å²) in [5.74, 6) is 0.126. The lowest BCUT2D eigenvalue weighted by Crippen LogP contribution is -2.23. The zero-order valence-electron chi connectivity index (χ0n) is 8.61. The van der Waals surface area contributed by atoms with E-state index in [0.29, 0.717) is 13.0 Å². The van der Waals surface area contributed by atoms with Crippen molar-refractivity contribution in [1.82, 2.24) is 0 Å².